The summed E-state index contributed by atoms with van der Waals surface area (Å²) < 4.78 is 20.0. The van der Waals surface area contributed by atoms with E-state index in [1.807, 2.05) is 19.9 Å². The Bertz CT molecular complexity index is 650. The van der Waals surface area contributed by atoms with Gasteiger partial charge in [0.15, 0.2) is 0 Å². The van der Waals surface area contributed by atoms with Crippen molar-refractivity contribution in [2.24, 2.45) is 0 Å². The summed E-state index contributed by atoms with van der Waals surface area (Å²) in [5.74, 6) is -0.519. The standard InChI is InChI=1S/C16H19FN2O2/c1-4-21-16(20)9-15-11(2)18-19(12(15)3)10-13-6-5-7-14(17)8-13/h5-8H,4,9-10H2,1-3H3. The number of ether oxygens (including phenoxy) is 1. The first-order valence-electron chi connectivity index (χ1n) is 6.94. The number of benzene rings is 1. The number of carbonyl (C=O) groups is 1. The zero-order chi connectivity index (χ0) is 15.4. The highest BCUT2D eigenvalue weighted by Gasteiger charge is 2.15. The summed E-state index contributed by atoms with van der Waals surface area (Å²) >= 11 is 0. The number of hydrogen-bond acceptors (Lipinski definition) is 3. The van der Waals surface area contributed by atoms with Crippen LogP contribution in [0.25, 0.3) is 0 Å². The van der Waals surface area contributed by atoms with Crippen LogP contribution in [-0.2, 0) is 22.5 Å². The molecule has 2 rings (SSSR count). The number of hydrogen-bond donors (Lipinski definition) is 0. The molecule has 1 heterocycles. The van der Waals surface area contributed by atoms with Crippen molar-refractivity contribution in [2.45, 2.75) is 33.7 Å². The van der Waals surface area contributed by atoms with Crippen LogP contribution in [-0.4, -0.2) is 22.4 Å². The molecule has 0 saturated heterocycles. The van der Waals surface area contributed by atoms with E-state index in [9.17, 15) is 9.18 Å². The summed E-state index contributed by atoms with van der Waals surface area (Å²) in [6, 6.07) is 6.43. The van der Waals surface area contributed by atoms with Crippen LogP contribution < -0.4 is 0 Å². The van der Waals surface area contributed by atoms with Crippen molar-refractivity contribution in [2.75, 3.05) is 6.61 Å². The van der Waals surface area contributed by atoms with Gasteiger partial charge in [-0.25, -0.2) is 4.39 Å². The first kappa shape index (κ1) is 15.2. The number of aryl methyl sites for hydroxylation is 1. The third-order valence-electron chi connectivity index (χ3n) is 3.38. The number of carbonyl (C=O) groups excluding carboxylic acids is 1. The average molecular weight is 290 g/mol. The minimum Gasteiger partial charge on any atom is -0.466 e. The molecule has 0 bridgehead atoms. The Hall–Kier alpha value is -2.17. The second-order valence-corrected chi connectivity index (χ2v) is 4.92. The summed E-state index contributed by atoms with van der Waals surface area (Å²) in [4.78, 5) is 11.6. The molecule has 0 N–H and O–H groups in total. The van der Waals surface area contributed by atoms with Gasteiger partial charge in [0.25, 0.3) is 0 Å². The smallest absolute Gasteiger partial charge is 0.310 e. The van der Waals surface area contributed by atoms with Gasteiger partial charge in [-0.1, -0.05) is 12.1 Å². The molecule has 0 radical (unpaired) electrons. The summed E-state index contributed by atoms with van der Waals surface area (Å²) in [5.41, 5.74) is 3.43. The molecule has 0 aliphatic rings. The Kier molecular flexibility index (Phi) is 4.73. The van der Waals surface area contributed by atoms with E-state index in [-0.39, 0.29) is 18.2 Å². The van der Waals surface area contributed by atoms with Crippen molar-refractivity contribution in [3.63, 3.8) is 0 Å². The zero-order valence-electron chi connectivity index (χ0n) is 12.5. The Morgan fingerprint density at radius 1 is 1.38 bits per heavy atom. The molecular weight excluding hydrogens is 271 g/mol. The van der Waals surface area contributed by atoms with Crippen LogP contribution in [0.1, 0.15) is 29.4 Å². The molecular formula is C16H19FN2O2. The largest absolute Gasteiger partial charge is 0.466 e. The molecule has 4 nitrogen and oxygen atoms in total. The first-order valence-corrected chi connectivity index (χ1v) is 6.94. The number of aromatic nitrogens is 2. The van der Waals surface area contributed by atoms with E-state index in [1.54, 1.807) is 17.7 Å². The minimum atomic E-state index is -0.263. The number of esters is 1. The lowest BCUT2D eigenvalue weighted by Gasteiger charge is -2.06. The van der Waals surface area contributed by atoms with Gasteiger partial charge in [-0.3, -0.25) is 9.48 Å². The molecule has 21 heavy (non-hydrogen) atoms. The molecule has 112 valence electrons. The molecule has 0 saturated carbocycles. The summed E-state index contributed by atoms with van der Waals surface area (Å²) in [6.07, 6.45) is 0.217. The van der Waals surface area contributed by atoms with Crippen molar-refractivity contribution in [3.8, 4) is 0 Å². The molecule has 0 aliphatic carbocycles. The molecule has 0 spiro atoms. The second kappa shape index (κ2) is 6.52. The lowest BCUT2D eigenvalue weighted by molar-refractivity contribution is -0.142. The van der Waals surface area contributed by atoms with E-state index in [4.69, 9.17) is 4.74 Å². The van der Waals surface area contributed by atoms with Crippen molar-refractivity contribution in [3.05, 3.63) is 52.6 Å². The molecule has 5 heteroatoms. The molecule has 0 unspecified atom stereocenters. The third-order valence-corrected chi connectivity index (χ3v) is 3.38. The Balaban J connectivity index is 2.20. The normalized spacial score (nSPS) is 10.7. The van der Waals surface area contributed by atoms with Crippen molar-refractivity contribution in [1.29, 1.82) is 0 Å². The lowest BCUT2D eigenvalue weighted by atomic mass is 10.1. The van der Waals surface area contributed by atoms with Crippen molar-refractivity contribution in [1.82, 2.24) is 9.78 Å². The van der Waals surface area contributed by atoms with Crippen LogP contribution >= 0.6 is 0 Å². The monoisotopic (exact) mass is 290 g/mol. The maximum atomic E-state index is 13.2. The van der Waals surface area contributed by atoms with E-state index in [1.165, 1.54) is 12.1 Å². The van der Waals surface area contributed by atoms with E-state index >= 15 is 0 Å². The van der Waals surface area contributed by atoms with Crippen LogP contribution in [0, 0.1) is 19.7 Å². The quantitative estimate of drug-likeness (QED) is 0.795. The van der Waals surface area contributed by atoms with Crippen LogP contribution in [0.3, 0.4) is 0 Å². The summed E-state index contributed by atoms with van der Waals surface area (Å²) in [6.45, 7) is 6.41. The number of nitrogens with zero attached hydrogens (tertiary/aromatic N) is 2. The van der Waals surface area contributed by atoms with E-state index < -0.39 is 0 Å². The summed E-state index contributed by atoms with van der Waals surface area (Å²) in [7, 11) is 0. The van der Waals surface area contributed by atoms with Gasteiger partial charge in [0.1, 0.15) is 5.82 Å². The van der Waals surface area contributed by atoms with Gasteiger partial charge < -0.3 is 4.74 Å². The fourth-order valence-corrected chi connectivity index (χ4v) is 2.31. The maximum absolute atomic E-state index is 13.2. The lowest BCUT2D eigenvalue weighted by Crippen LogP contribution is -2.09. The first-order chi connectivity index (χ1) is 10.0. The molecule has 1 aromatic carbocycles. The zero-order valence-corrected chi connectivity index (χ0v) is 12.5. The molecule has 1 aromatic heterocycles. The van der Waals surface area contributed by atoms with Gasteiger partial charge in [-0.05, 0) is 38.5 Å². The molecule has 0 fully saturated rings. The van der Waals surface area contributed by atoms with Crippen molar-refractivity contribution < 1.29 is 13.9 Å². The highest BCUT2D eigenvalue weighted by Crippen LogP contribution is 2.16. The Morgan fingerprint density at radius 3 is 2.81 bits per heavy atom. The fourth-order valence-electron chi connectivity index (χ4n) is 2.31. The van der Waals surface area contributed by atoms with Crippen molar-refractivity contribution >= 4 is 5.97 Å². The number of rotatable bonds is 5. The van der Waals surface area contributed by atoms with Gasteiger partial charge in [0, 0.05) is 11.3 Å². The van der Waals surface area contributed by atoms with Gasteiger partial charge in [0.05, 0.1) is 25.3 Å². The van der Waals surface area contributed by atoms with E-state index in [0.29, 0.717) is 13.2 Å². The average Bonchev–Trinajstić information content (AvgIpc) is 2.67. The minimum absolute atomic E-state index is 0.217. The Labute approximate surface area is 123 Å². The Morgan fingerprint density at radius 2 is 2.14 bits per heavy atom. The highest BCUT2D eigenvalue weighted by molar-refractivity contribution is 5.73. The predicted octanol–water partition coefficient (Wildman–Crippen LogP) is 2.79. The molecule has 0 amide bonds. The molecule has 0 atom stereocenters. The van der Waals surface area contributed by atoms with Crippen LogP contribution in [0.4, 0.5) is 4.39 Å². The van der Waals surface area contributed by atoms with Gasteiger partial charge in [-0.2, -0.15) is 5.10 Å². The maximum Gasteiger partial charge on any atom is 0.310 e. The predicted molar refractivity (Wildman–Crippen MR) is 77.5 cm³/mol. The van der Waals surface area contributed by atoms with Gasteiger partial charge in [-0.15, -0.1) is 0 Å². The van der Waals surface area contributed by atoms with Crippen LogP contribution in [0.15, 0.2) is 24.3 Å². The fraction of sp³-hybridized carbons (Fsp3) is 0.375. The van der Waals surface area contributed by atoms with E-state index in [2.05, 4.69) is 5.10 Å². The topological polar surface area (TPSA) is 44.1 Å². The summed E-state index contributed by atoms with van der Waals surface area (Å²) in [5, 5.41) is 4.43. The molecule has 2 aromatic rings. The van der Waals surface area contributed by atoms with Gasteiger partial charge >= 0.3 is 5.97 Å². The highest BCUT2D eigenvalue weighted by atomic mass is 19.1. The van der Waals surface area contributed by atoms with E-state index in [0.717, 1.165) is 22.5 Å². The van der Waals surface area contributed by atoms with Gasteiger partial charge in [0.2, 0.25) is 0 Å². The molecule has 0 aliphatic heterocycles. The van der Waals surface area contributed by atoms with Crippen LogP contribution in [0.5, 0.6) is 0 Å². The third kappa shape index (κ3) is 3.68. The SMILES string of the molecule is CCOC(=O)Cc1c(C)nn(Cc2cccc(F)c2)c1C. The second-order valence-electron chi connectivity index (χ2n) is 4.92. The number of halogens is 1. The van der Waals surface area contributed by atoms with Crippen LogP contribution in [0.2, 0.25) is 0 Å².